The van der Waals surface area contributed by atoms with E-state index in [-0.39, 0.29) is 34.3 Å². The average Bonchev–Trinajstić information content (AvgIpc) is 3.55. The Bertz CT molecular complexity index is 1110. The fraction of sp³-hybridized carbons (Fsp3) is 0.429. The summed E-state index contributed by atoms with van der Waals surface area (Å²) in [5, 5.41) is 0. The van der Waals surface area contributed by atoms with Crippen LogP contribution >= 0.6 is 0 Å². The summed E-state index contributed by atoms with van der Waals surface area (Å²) < 4.78 is 6.09. The van der Waals surface area contributed by atoms with Gasteiger partial charge in [0.2, 0.25) is 0 Å². The summed E-state index contributed by atoms with van der Waals surface area (Å²) in [4.78, 5) is 13.9. The van der Waals surface area contributed by atoms with Crippen LogP contribution in [0.3, 0.4) is 0 Å². The summed E-state index contributed by atoms with van der Waals surface area (Å²) in [6.45, 7) is 17.5. The van der Waals surface area contributed by atoms with Gasteiger partial charge in [-0.05, 0) is 0 Å². The molecule has 0 atom stereocenters. The summed E-state index contributed by atoms with van der Waals surface area (Å²) >= 11 is 0.299. The number of nitrogens with one attached hydrogen (secondary N) is 4. The second kappa shape index (κ2) is 12.4. The summed E-state index contributed by atoms with van der Waals surface area (Å²) in [6.07, 6.45) is 4.41. The maximum absolute atomic E-state index is 3.57. The molecular formula is C28H40N4Ru2. The van der Waals surface area contributed by atoms with Crippen LogP contribution in [0.2, 0.25) is 0 Å². The molecule has 0 saturated carbocycles. The van der Waals surface area contributed by atoms with Gasteiger partial charge in [0.25, 0.3) is 0 Å². The molecule has 4 nitrogen and oxygen atoms in total. The first kappa shape index (κ1) is 27.0. The molecule has 4 aromatic rings. The fourth-order valence-electron chi connectivity index (χ4n) is 3.85. The molecule has 4 heterocycles. The van der Waals surface area contributed by atoms with Crippen molar-refractivity contribution in [1.29, 1.82) is 0 Å². The van der Waals surface area contributed by atoms with Crippen LogP contribution in [0.4, 0.5) is 0 Å². The Morgan fingerprint density at radius 3 is 1.18 bits per heavy atom. The number of aromatic amines is 4. The van der Waals surface area contributed by atoms with Crippen molar-refractivity contribution in [3.8, 4) is 0 Å². The molecule has 0 fully saturated rings. The van der Waals surface area contributed by atoms with Crippen molar-refractivity contribution >= 4 is 16.6 Å². The van der Waals surface area contributed by atoms with Crippen LogP contribution in [0.15, 0.2) is 24.3 Å². The molecule has 4 rings (SSSR count). The molecular weight excluding hydrogens is 594 g/mol. The zero-order chi connectivity index (χ0) is 24.8. The molecule has 4 N–H and O–H groups in total. The van der Waals surface area contributed by atoms with Gasteiger partial charge in [0.1, 0.15) is 0 Å². The zero-order valence-electron chi connectivity index (χ0n) is 21.8. The Hall–Kier alpha value is -1.63. The monoisotopic (exact) mass is 636 g/mol. The van der Waals surface area contributed by atoms with Gasteiger partial charge in [0, 0.05) is 0 Å². The van der Waals surface area contributed by atoms with Crippen molar-refractivity contribution in [3.05, 3.63) is 69.8 Å². The van der Waals surface area contributed by atoms with Gasteiger partial charge in [-0.15, -0.1) is 0 Å². The quantitative estimate of drug-likeness (QED) is 0.210. The van der Waals surface area contributed by atoms with Gasteiger partial charge in [0.05, 0.1) is 0 Å². The summed E-state index contributed by atoms with van der Waals surface area (Å²) in [6, 6.07) is 9.31. The van der Waals surface area contributed by atoms with Crippen molar-refractivity contribution in [2.24, 2.45) is 0 Å². The molecule has 4 aromatic heterocycles. The van der Waals surface area contributed by atoms with E-state index in [1.807, 2.05) is 0 Å². The molecule has 188 valence electrons. The van der Waals surface area contributed by atoms with E-state index in [9.17, 15) is 0 Å². The van der Waals surface area contributed by atoms with Crippen LogP contribution in [0.1, 0.15) is 73.2 Å². The number of aryl methyl sites for hydroxylation is 8. The summed E-state index contributed by atoms with van der Waals surface area (Å²) in [5.74, 6) is 0. The van der Waals surface area contributed by atoms with Gasteiger partial charge < -0.3 is 0 Å². The summed E-state index contributed by atoms with van der Waals surface area (Å²) in [5.41, 5.74) is 10.8. The third kappa shape index (κ3) is 6.73. The van der Waals surface area contributed by atoms with E-state index in [1.165, 1.54) is 53.9 Å². The van der Waals surface area contributed by atoms with Crippen molar-refractivity contribution in [3.63, 3.8) is 0 Å². The van der Waals surface area contributed by atoms with Crippen LogP contribution < -0.4 is 16.6 Å². The normalized spacial score (nSPS) is 11.3. The Kier molecular flexibility index (Phi) is 9.81. The number of H-pyrrole nitrogens is 4. The van der Waals surface area contributed by atoms with E-state index in [1.54, 1.807) is 8.32 Å². The van der Waals surface area contributed by atoms with E-state index in [0.29, 0.717) is 0 Å². The molecule has 0 aromatic carbocycles. The van der Waals surface area contributed by atoms with Crippen LogP contribution in [0, 0.1) is 27.7 Å². The Morgan fingerprint density at radius 2 is 0.882 bits per heavy atom. The predicted molar refractivity (Wildman–Crippen MR) is 138 cm³/mol. The first-order valence-corrected chi connectivity index (χ1v) is 15.7. The van der Waals surface area contributed by atoms with Gasteiger partial charge >= 0.3 is 222 Å². The minimum absolute atomic E-state index is 0.142. The molecule has 0 bridgehead atoms. The number of hydrogen-bond acceptors (Lipinski definition) is 0. The number of hydrogen-bond donors (Lipinski definition) is 4. The Morgan fingerprint density at radius 1 is 0.500 bits per heavy atom. The molecule has 0 aliphatic heterocycles. The third-order valence-corrected chi connectivity index (χ3v) is 11.0. The van der Waals surface area contributed by atoms with Crippen molar-refractivity contribution in [2.45, 2.75) is 81.1 Å². The minimum atomic E-state index is 0.142. The third-order valence-electron chi connectivity index (χ3n) is 5.78. The summed E-state index contributed by atoms with van der Waals surface area (Å²) in [7, 11) is 0. The zero-order valence-corrected chi connectivity index (χ0v) is 25.3. The Labute approximate surface area is 220 Å². The molecule has 0 radical (unpaired) electrons. The number of aromatic nitrogens is 4. The van der Waals surface area contributed by atoms with Crippen LogP contribution in [-0.4, -0.2) is 19.9 Å². The van der Waals surface area contributed by atoms with Crippen LogP contribution in [-0.2, 0) is 59.9 Å². The first-order valence-electron chi connectivity index (χ1n) is 12.3. The molecule has 6 heteroatoms. The molecule has 0 unspecified atom stereocenters. The van der Waals surface area contributed by atoms with E-state index >= 15 is 0 Å². The SMILES string of the molecule is CCc1c[c]([Ru][c]2cc(CC)[nH]c2CC)c(CC)[nH]1.Cc1c[c]([Ru][c]2cc(C)[nH]c2C)c(C)[nH]1. The maximum atomic E-state index is 3.57. The molecule has 0 aliphatic carbocycles. The fourth-order valence-corrected chi connectivity index (χ4v) is 8.94. The second-order valence-electron chi connectivity index (χ2n) is 8.63. The van der Waals surface area contributed by atoms with Gasteiger partial charge in [-0.3, -0.25) is 0 Å². The van der Waals surface area contributed by atoms with Gasteiger partial charge in [-0.25, -0.2) is 0 Å². The molecule has 0 aliphatic rings. The Balaban J connectivity index is 0.000000196. The van der Waals surface area contributed by atoms with Gasteiger partial charge in [-0.1, -0.05) is 0 Å². The molecule has 0 saturated heterocycles. The molecule has 34 heavy (non-hydrogen) atoms. The van der Waals surface area contributed by atoms with Crippen molar-refractivity contribution in [1.82, 2.24) is 19.9 Å². The predicted octanol–water partition coefficient (Wildman–Crippen LogP) is 4.24. The van der Waals surface area contributed by atoms with E-state index < -0.39 is 0 Å². The number of rotatable bonds is 8. The molecule has 0 spiro atoms. The van der Waals surface area contributed by atoms with Crippen LogP contribution in [0.5, 0.6) is 0 Å². The van der Waals surface area contributed by atoms with Gasteiger partial charge in [-0.2, -0.15) is 0 Å². The second-order valence-corrected chi connectivity index (χ2v) is 13.2. The van der Waals surface area contributed by atoms with Crippen molar-refractivity contribution < 1.29 is 34.3 Å². The van der Waals surface area contributed by atoms with E-state index in [2.05, 4.69) is 99.6 Å². The standard InChI is InChI=1S/2C8H12N.2C6H8N.2Ru/c2*1-3-7-5-6-8(4-2)9-7;2*1-5-3-4-6(2)7-5;;/h2*5,9H,3-4H2,1-2H3;2*3,7H,1-2H3;;. The topological polar surface area (TPSA) is 63.2 Å². The van der Waals surface area contributed by atoms with Crippen LogP contribution in [0.25, 0.3) is 0 Å². The van der Waals surface area contributed by atoms with E-state index in [4.69, 9.17) is 0 Å². The van der Waals surface area contributed by atoms with Gasteiger partial charge in [0.15, 0.2) is 0 Å². The average molecular weight is 635 g/mol. The molecule has 0 amide bonds. The van der Waals surface area contributed by atoms with Crippen molar-refractivity contribution in [2.75, 3.05) is 0 Å². The first-order chi connectivity index (χ1) is 16.3. The van der Waals surface area contributed by atoms with E-state index in [0.717, 1.165) is 25.7 Å².